The van der Waals surface area contributed by atoms with E-state index in [0.29, 0.717) is 21.6 Å². The Balaban J connectivity index is 2.18. The molecule has 0 aliphatic rings. The quantitative estimate of drug-likeness (QED) is 0.572. The van der Waals surface area contributed by atoms with Crippen molar-refractivity contribution in [1.82, 2.24) is 0 Å². The molecule has 0 aliphatic heterocycles. The second-order valence-corrected chi connectivity index (χ2v) is 7.75. The summed E-state index contributed by atoms with van der Waals surface area (Å²) < 4.78 is 5.76. The first-order valence-electron chi connectivity index (χ1n) is 8.78. The topological polar surface area (TPSA) is 66.8 Å². The van der Waals surface area contributed by atoms with Crippen molar-refractivity contribution in [3.63, 3.8) is 0 Å². The van der Waals surface area contributed by atoms with E-state index in [1.165, 1.54) is 29.2 Å². The van der Waals surface area contributed by atoms with Gasteiger partial charge in [0.05, 0.1) is 17.9 Å². The number of anilines is 1. The van der Waals surface area contributed by atoms with Crippen molar-refractivity contribution < 1.29 is 19.4 Å². The van der Waals surface area contributed by atoms with Crippen molar-refractivity contribution in [3.05, 3.63) is 58.1 Å². The number of phenols is 1. The van der Waals surface area contributed by atoms with E-state index in [4.69, 9.17) is 16.3 Å². The van der Waals surface area contributed by atoms with Gasteiger partial charge in [0.1, 0.15) is 21.3 Å². The molecule has 7 heteroatoms. The lowest BCUT2D eigenvalue weighted by Gasteiger charge is -2.21. The van der Waals surface area contributed by atoms with Crippen molar-refractivity contribution in [1.29, 1.82) is 0 Å². The van der Waals surface area contributed by atoms with Crippen LogP contribution in [0.4, 0.5) is 5.00 Å². The first-order valence-corrected chi connectivity index (χ1v) is 9.97. The molecule has 0 radical (unpaired) electrons. The third-order valence-corrected chi connectivity index (χ3v) is 6.07. The molecule has 0 unspecified atom stereocenters. The molecule has 1 amide bonds. The van der Waals surface area contributed by atoms with Crippen molar-refractivity contribution in [2.45, 2.75) is 27.3 Å². The van der Waals surface area contributed by atoms with Crippen molar-refractivity contribution in [3.8, 4) is 5.75 Å². The standard InChI is InChI=1S/C21H20ClNO4S/c1-4-27-21(26)17-15-9-10-16(25)18(22)19(15)28-20(17)23(13(3)24)11-14-7-5-12(2)6-8-14/h5-10,25H,4,11H2,1-3H3. The van der Waals surface area contributed by atoms with E-state index in [9.17, 15) is 14.7 Å². The lowest BCUT2D eigenvalue weighted by atomic mass is 10.1. The molecular weight excluding hydrogens is 398 g/mol. The molecule has 0 spiro atoms. The third kappa shape index (κ3) is 3.84. The van der Waals surface area contributed by atoms with Gasteiger partial charge < -0.3 is 9.84 Å². The highest BCUT2D eigenvalue weighted by Crippen LogP contribution is 2.45. The fourth-order valence-electron chi connectivity index (χ4n) is 2.90. The number of fused-ring (bicyclic) bond motifs is 1. The molecule has 0 atom stereocenters. The minimum atomic E-state index is -0.527. The Labute approximate surface area is 172 Å². The molecule has 146 valence electrons. The number of thiophene rings is 1. The number of benzene rings is 2. The summed E-state index contributed by atoms with van der Waals surface area (Å²) in [7, 11) is 0. The van der Waals surface area contributed by atoms with Crippen LogP contribution in [-0.4, -0.2) is 23.6 Å². The molecule has 0 saturated heterocycles. The molecule has 0 saturated carbocycles. The van der Waals surface area contributed by atoms with Crippen molar-refractivity contribution >= 4 is 49.9 Å². The maximum absolute atomic E-state index is 12.7. The summed E-state index contributed by atoms with van der Waals surface area (Å²) >= 11 is 7.45. The molecular formula is C21H20ClNO4S. The molecule has 1 heterocycles. The van der Waals surface area contributed by atoms with Gasteiger partial charge in [0.2, 0.25) is 5.91 Å². The summed E-state index contributed by atoms with van der Waals surface area (Å²) in [6.45, 7) is 5.68. The van der Waals surface area contributed by atoms with Crippen LogP contribution in [0.2, 0.25) is 5.02 Å². The second kappa shape index (κ2) is 8.20. The smallest absolute Gasteiger partial charge is 0.341 e. The molecule has 1 aromatic heterocycles. The van der Waals surface area contributed by atoms with Gasteiger partial charge in [-0.15, -0.1) is 11.3 Å². The van der Waals surface area contributed by atoms with Crippen LogP contribution >= 0.6 is 22.9 Å². The van der Waals surface area contributed by atoms with Gasteiger partial charge in [0.15, 0.2) is 0 Å². The van der Waals surface area contributed by atoms with Crippen LogP contribution in [0.5, 0.6) is 5.75 Å². The van der Waals surface area contributed by atoms with Gasteiger partial charge in [-0.1, -0.05) is 41.4 Å². The van der Waals surface area contributed by atoms with Gasteiger partial charge in [-0.2, -0.15) is 0 Å². The molecule has 28 heavy (non-hydrogen) atoms. The number of hydrogen-bond donors (Lipinski definition) is 1. The number of esters is 1. The second-order valence-electron chi connectivity index (χ2n) is 6.37. The number of aromatic hydroxyl groups is 1. The van der Waals surface area contributed by atoms with E-state index in [0.717, 1.165) is 11.1 Å². The van der Waals surface area contributed by atoms with Crippen LogP contribution in [0.1, 0.15) is 35.3 Å². The van der Waals surface area contributed by atoms with Crippen LogP contribution in [0.25, 0.3) is 10.1 Å². The molecule has 2 aromatic carbocycles. The fourth-order valence-corrected chi connectivity index (χ4v) is 4.44. The molecule has 0 bridgehead atoms. The van der Waals surface area contributed by atoms with E-state index < -0.39 is 5.97 Å². The minimum absolute atomic E-state index is 0.0784. The van der Waals surface area contributed by atoms with Gasteiger partial charge in [-0.25, -0.2) is 4.79 Å². The molecule has 5 nitrogen and oxygen atoms in total. The Morgan fingerprint density at radius 1 is 1.18 bits per heavy atom. The molecule has 1 N–H and O–H groups in total. The zero-order valence-corrected chi connectivity index (χ0v) is 17.4. The van der Waals surface area contributed by atoms with Crippen LogP contribution in [0, 0.1) is 6.92 Å². The first kappa shape index (κ1) is 20.2. The van der Waals surface area contributed by atoms with Crippen LogP contribution < -0.4 is 4.90 Å². The number of ether oxygens (including phenoxy) is 1. The number of aryl methyl sites for hydroxylation is 1. The van der Waals surface area contributed by atoms with Crippen LogP contribution in [0.15, 0.2) is 36.4 Å². The average Bonchev–Trinajstić information content (AvgIpc) is 3.04. The van der Waals surface area contributed by atoms with E-state index in [-0.39, 0.29) is 28.8 Å². The Morgan fingerprint density at radius 3 is 2.46 bits per heavy atom. The zero-order chi connectivity index (χ0) is 20.4. The molecule has 0 aliphatic carbocycles. The van der Waals surface area contributed by atoms with E-state index in [1.807, 2.05) is 31.2 Å². The lowest BCUT2D eigenvalue weighted by molar-refractivity contribution is -0.116. The summed E-state index contributed by atoms with van der Waals surface area (Å²) in [4.78, 5) is 26.7. The summed E-state index contributed by atoms with van der Waals surface area (Å²) in [6.07, 6.45) is 0. The van der Waals surface area contributed by atoms with E-state index in [2.05, 4.69) is 0 Å². The zero-order valence-electron chi connectivity index (χ0n) is 15.8. The fraction of sp³-hybridized carbons (Fsp3) is 0.238. The van der Waals surface area contributed by atoms with E-state index >= 15 is 0 Å². The van der Waals surface area contributed by atoms with E-state index in [1.54, 1.807) is 13.0 Å². The number of halogens is 1. The Morgan fingerprint density at radius 2 is 1.86 bits per heavy atom. The largest absolute Gasteiger partial charge is 0.506 e. The SMILES string of the molecule is CCOC(=O)c1c(N(Cc2ccc(C)cc2)C(C)=O)sc2c(Cl)c(O)ccc12. The van der Waals surface area contributed by atoms with Gasteiger partial charge in [0, 0.05) is 12.3 Å². The summed E-state index contributed by atoms with van der Waals surface area (Å²) in [5, 5.41) is 11.1. The van der Waals surface area contributed by atoms with Gasteiger partial charge >= 0.3 is 5.97 Å². The normalized spacial score (nSPS) is 10.9. The lowest BCUT2D eigenvalue weighted by Crippen LogP contribution is -2.28. The maximum atomic E-state index is 12.7. The summed E-state index contributed by atoms with van der Waals surface area (Å²) in [6, 6.07) is 10.9. The highest BCUT2D eigenvalue weighted by molar-refractivity contribution is 7.24. The number of rotatable bonds is 5. The highest BCUT2D eigenvalue weighted by Gasteiger charge is 2.28. The number of amides is 1. The monoisotopic (exact) mass is 417 g/mol. The van der Waals surface area contributed by atoms with Crippen LogP contribution in [0.3, 0.4) is 0 Å². The minimum Gasteiger partial charge on any atom is -0.506 e. The van der Waals surface area contributed by atoms with Gasteiger partial charge in [-0.05, 0) is 31.5 Å². The predicted molar refractivity (Wildman–Crippen MR) is 112 cm³/mol. The molecule has 3 aromatic rings. The number of phenolic OH excluding ortho intramolecular Hbond substituents is 1. The molecule has 0 fully saturated rings. The summed E-state index contributed by atoms with van der Waals surface area (Å²) in [5.74, 6) is -0.816. The van der Waals surface area contributed by atoms with Gasteiger partial charge in [-0.3, -0.25) is 9.69 Å². The number of carbonyl (C=O) groups is 2. The highest BCUT2D eigenvalue weighted by atomic mass is 35.5. The Bertz CT molecular complexity index is 1040. The predicted octanol–water partition coefficient (Wildman–Crippen LogP) is 5.30. The Kier molecular flexibility index (Phi) is 5.91. The average molecular weight is 418 g/mol. The van der Waals surface area contributed by atoms with Crippen molar-refractivity contribution in [2.75, 3.05) is 11.5 Å². The molecule has 3 rings (SSSR count). The van der Waals surface area contributed by atoms with Gasteiger partial charge in [0.25, 0.3) is 0 Å². The first-order chi connectivity index (χ1) is 13.3. The number of nitrogens with zero attached hydrogens (tertiary/aromatic N) is 1. The summed E-state index contributed by atoms with van der Waals surface area (Å²) in [5.41, 5.74) is 2.34. The number of hydrogen-bond acceptors (Lipinski definition) is 5. The maximum Gasteiger partial charge on any atom is 0.341 e. The third-order valence-electron chi connectivity index (χ3n) is 4.32. The van der Waals surface area contributed by atoms with Crippen LogP contribution in [-0.2, 0) is 16.1 Å². The Hall–Kier alpha value is -2.57. The number of carbonyl (C=O) groups excluding carboxylic acids is 2. The van der Waals surface area contributed by atoms with Crippen molar-refractivity contribution in [2.24, 2.45) is 0 Å².